The van der Waals surface area contributed by atoms with Crippen LogP contribution in [0, 0.1) is 10.1 Å². The number of aromatic nitrogens is 2. The van der Waals surface area contributed by atoms with Crippen molar-refractivity contribution in [3.05, 3.63) is 16.4 Å². The Hall–Kier alpha value is -1.96. The van der Waals surface area contributed by atoms with Crippen molar-refractivity contribution in [2.75, 3.05) is 17.3 Å². The molecule has 1 aromatic heterocycles. The minimum absolute atomic E-state index is 0.0803. The molecule has 2 unspecified atom stereocenters. The number of nitrogens with zero attached hydrogens (tertiary/aromatic N) is 4. The third-order valence-corrected chi connectivity index (χ3v) is 4.18. The Balaban J connectivity index is 2.05. The van der Waals surface area contributed by atoms with E-state index >= 15 is 0 Å². The number of rotatable bonds is 3. The second-order valence-corrected chi connectivity index (χ2v) is 5.32. The van der Waals surface area contributed by atoms with Gasteiger partial charge in [0.15, 0.2) is 0 Å². The Morgan fingerprint density at radius 2 is 2.05 bits per heavy atom. The number of anilines is 2. The first-order chi connectivity index (χ1) is 9.61. The summed E-state index contributed by atoms with van der Waals surface area (Å²) >= 11 is 0. The molecule has 2 aliphatic rings. The van der Waals surface area contributed by atoms with Gasteiger partial charge in [-0.05, 0) is 25.7 Å². The standard InChI is InChI=1S/C12H17N5O3/c1-13-11-10(17(19)20)12(15-6-14-11)16-7-2-3-8(16)5-9(18)4-7/h6-9,18H,2-5H2,1H3,(H,13,14,15). The van der Waals surface area contributed by atoms with Crippen LogP contribution < -0.4 is 10.2 Å². The number of hydrogen-bond acceptors (Lipinski definition) is 7. The zero-order valence-electron chi connectivity index (χ0n) is 11.2. The van der Waals surface area contributed by atoms with Crippen molar-refractivity contribution in [3.63, 3.8) is 0 Å². The van der Waals surface area contributed by atoms with Gasteiger partial charge in [0.2, 0.25) is 11.6 Å². The molecule has 2 fully saturated rings. The Morgan fingerprint density at radius 3 is 2.60 bits per heavy atom. The van der Waals surface area contributed by atoms with Gasteiger partial charge in [0.05, 0.1) is 11.0 Å². The number of nitro groups is 1. The molecule has 0 spiro atoms. The van der Waals surface area contributed by atoms with E-state index in [1.54, 1.807) is 7.05 Å². The van der Waals surface area contributed by atoms with Crippen molar-refractivity contribution in [1.82, 2.24) is 9.97 Å². The van der Waals surface area contributed by atoms with Crippen LogP contribution in [0.2, 0.25) is 0 Å². The number of aliphatic hydroxyl groups excluding tert-OH is 1. The molecule has 3 heterocycles. The summed E-state index contributed by atoms with van der Waals surface area (Å²) < 4.78 is 0. The first-order valence-corrected chi connectivity index (χ1v) is 6.75. The largest absolute Gasteiger partial charge is 0.393 e. The topological polar surface area (TPSA) is 104 Å². The highest BCUT2D eigenvalue weighted by atomic mass is 16.6. The fourth-order valence-electron chi connectivity index (χ4n) is 3.40. The van der Waals surface area contributed by atoms with Gasteiger partial charge in [0.25, 0.3) is 0 Å². The molecule has 20 heavy (non-hydrogen) atoms. The highest BCUT2D eigenvalue weighted by molar-refractivity contribution is 5.71. The zero-order chi connectivity index (χ0) is 14.3. The van der Waals surface area contributed by atoms with Crippen LogP contribution in [0.3, 0.4) is 0 Å². The summed E-state index contributed by atoms with van der Waals surface area (Å²) in [5.74, 6) is 0.597. The second kappa shape index (κ2) is 4.86. The van der Waals surface area contributed by atoms with E-state index in [1.807, 2.05) is 4.90 Å². The van der Waals surface area contributed by atoms with Crippen LogP contribution in [0.15, 0.2) is 6.33 Å². The number of piperidine rings is 1. The third kappa shape index (κ3) is 1.96. The van der Waals surface area contributed by atoms with Crippen LogP contribution in [0.1, 0.15) is 25.7 Å². The van der Waals surface area contributed by atoms with Crippen molar-refractivity contribution < 1.29 is 10.0 Å². The van der Waals surface area contributed by atoms with Gasteiger partial charge >= 0.3 is 5.69 Å². The number of nitrogens with one attached hydrogen (secondary N) is 1. The lowest BCUT2D eigenvalue weighted by Crippen LogP contribution is -2.45. The third-order valence-electron chi connectivity index (χ3n) is 4.18. The van der Waals surface area contributed by atoms with E-state index in [4.69, 9.17) is 0 Å². The summed E-state index contributed by atoms with van der Waals surface area (Å²) in [6.07, 6.45) is 4.21. The van der Waals surface area contributed by atoms with E-state index in [-0.39, 0.29) is 29.7 Å². The smallest absolute Gasteiger partial charge is 0.353 e. The predicted octanol–water partition coefficient (Wildman–Crippen LogP) is 0.919. The number of fused-ring (bicyclic) bond motifs is 2. The minimum Gasteiger partial charge on any atom is -0.393 e. The monoisotopic (exact) mass is 279 g/mol. The molecule has 8 heteroatoms. The van der Waals surface area contributed by atoms with E-state index in [9.17, 15) is 15.2 Å². The molecular formula is C12H17N5O3. The van der Waals surface area contributed by atoms with Gasteiger partial charge in [0, 0.05) is 19.1 Å². The van der Waals surface area contributed by atoms with Crippen molar-refractivity contribution in [2.45, 2.75) is 43.9 Å². The Bertz CT molecular complexity index is 524. The molecule has 2 N–H and O–H groups in total. The molecule has 8 nitrogen and oxygen atoms in total. The van der Waals surface area contributed by atoms with E-state index in [1.165, 1.54) is 6.33 Å². The lowest BCUT2D eigenvalue weighted by atomic mass is 10.00. The van der Waals surface area contributed by atoms with Crippen molar-refractivity contribution >= 4 is 17.3 Å². The summed E-state index contributed by atoms with van der Waals surface area (Å²) in [6, 6.07) is 0.254. The van der Waals surface area contributed by atoms with E-state index in [2.05, 4.69) is 15.3 Å². The lowest BCUT2D eigenvalue weighted by Gasteiger charge is -2.37. The van der Waals surface area contributed by atoms with E-state index < -0.39 is 4.92 Å². The highest BCUT2D eigenvalue weighted by Crippen LogP contribution is 2.43. The summed E-state index contributed by atoms with van der Waals surface area (Å²) in [5, 5.41) is 23.9. The normalized spacial score (nSPS) is 28.5. The Labute approximate surface area is 116 Å². The van der Waals surface area contributed by atoms with Crippen LogP contribution in [-0.4, -0.2) is 45.2 Å². The molecule has 2 atom stereocenters. The van der Waals surface area contributed by atoms with Crippen LogP contribution in [-0.2, 0) is 0 Å². The average molecular weight is 279 g/mol. The van der Waals surface area contributed by atoms with E-state index in [0.29, 0.717) is 18.7 Å². The second-order valence-electron chi connectivity index (χ2n) is 5.32. The first-order valence-electron chi connectivity index (χ1n) is 6.75. The molecule has 108 valence electrons. The average Bonchev–Trinajstić information content (AvgIpc) is 2.69. The molecule has 0 aromatic carbocycles. The summed E-state index contributed by atoms with van der Waals surface area (Å²) in [7, 11) is 1.60. The molecule has 0 saturated carbocycles. The summed E-state index contributed by atoms with van der Waals surface area (Å²) in [5.41, 5.74) is -0.0803. The maximum Gasteiger partial charge on any atom is 0.353 e. The van der Waals surface area contributed by atoms with Crippen LogP contribution in [0.5, 0.6) is 0 Å². The Morgan fingerprint density at radius 1 is 1.40 bits per heavy atom. The molecule has 0 radical (unpaired) electrons. The van der Waals surface area contributed by atoms with Gasteiger partial charge in [-0.2, -0.15) is 0 Å². The number of hydrogen-bond donors (Lipinski definition) is 2. The lowest BCUT2D eigenvalue weighted by molar-refractivity contribution is -0.383. The van der Waals surface area contributed by atoms with Crippen molar-refractivity contribution in [3.8, 4) is 0 Å². The molecular weight excluding hydrogens is 262 g/mol. The van der Waals surface area contributed by atoms with Crippen molar-refractivity contribution in [2.24, 2.45) is 0 Å². The molecule has 2 saturated heterocycles. The van der Waals surface area contributed by atoms with Crippen LogP contribution in [0.25, 0.3) is 0 Å². The molecule has 2 bridgehead atoms. The predicted molar refractivity (Wildman–Crippen MR) is 72.8 cm³/mol. The summed E-state index contributed by atoms with van der Waals surface area (Å²) in [4.78, 5) is 21.0. The molecule has 1 aromatic rings. The van der Waals surface area contributed by atoms with Gasteiger partial charge in [-0.25, -0.2) is 9.97 Å². The highest BCUT2D eigenvalue weighted by Gasteiger charge is 2.44. The molecule has 3 rings (SSSR count). The van der Waals surface area contributed by atoms with Gasteiger partial charge < -0.3 is 15.3 Å². The zero-order valence-corrected chi connectivity index (χ0v) is 11.2. The fraction of sp³-hybridized carbons (Fsp3) is 0.667. The minimum atomic E-state index is -0.439. The quantitative estimate of drug-likeness (QED) is 0.626. The first kappa shape index (κ1) is 13.0. The Kier molecular flexibility index (Phi) is 3.17. The molecule has 0 aliphatic carbocycles. The number of aliphatic hydroxyl groups is 1. The van der Waals surface area contributed by atoms with Crippen LogP contribution >= 0.6 is 0 Å². The van der Waals surface area contributed by atoms with Gasteiger partial charge in [0.1, 0.15) is 6.33 Å². The maximum absolute atomic E-state index is 11.4. The van der Waals surface area contributed by atoms with Crippen molar-refractivity contribution in [1.29, 1.82) is 0 Å². The summed E-state index contributed by atoms with van der Waals surface area (Å²) in [6.45, 7) is 0. The van der Waals surface area contributed by atoms with Crippen LogP contribution in [0.4, 0.5) is 17.3 Å². The van der Waals surface area contributed by atoms with Gasteiger partial charge in [-0.1, -0.05) is 0 Å². The fourth-order valence-corrected chi connectivity index (χ4v) is 3.40. The molecule has 2 aliphatic heterocycles. The van der Waals surface area contributed by atoms with E-state index in [0.717, 1.165) is 12.8 Å². The molecule has 0 amide bonds. The van der Waals surface area contributed by atoms with Gasteiger partial charge in [-0.3, -0.25) is 10.1 Å². The maximum atomic E-state index is 11.4. The SMILES string of the molecule is CNc1ncnc(N2C3CCC2CC(O)C3)c1[N+](=O)[O-]. The van der Waals surface area contributed by atoms with Gasteiger partial charge in [-0.15, -0.1) is 0 Å².